The number of pyridine rings is 1. The van der Waals surface area contributed by atoms with Crippen LogP contribution in [0.2, 0.25) is 0 Å². The minimum atomic E-state index is -1.26. The number of likely N-dealkylation sites (N-methyl/N-ethyl adjacent to an activating group) is 1. The van der Waals surface area contributed by atoms with Crippen LogP contribution >= 0.6 is 0 Å². The van der Waals surface area contributed by atoms with Gasteiger partial charge >= 0.3 is 6.03 Å². The van der Waals surface area contributed by atoms with E-state index >= 15 is 0 Å². The molecule has 1 aliphatic rings. The second-order valence-corrected chi connectivity index (χ2v) is 9.70. The molecule has 1 aliphatic heterocycles. The van der Waals surface area contributed by atoms with Gasteiger partial charge in [-0.15, -0.1) is 4.72 Å². The van der Waals surface area contributed by atoms with Crippen molar-refractivity contribution in [1.82, 2.24) is 19.0 Å². The highest BCUT2D eigenvalue weighted by molar-refractivity contribution is 7.90. The lowest BCUT2D eigenvalue weighted by Gasteiger charge is -2.25. The Labute approximate surface area is 167 Å². The summed E-state index contributed by atoms with van der Waals surface area (Å²) in [6.45, 7) is 7.49. The van der Waals surface area contributed by atoms with Crippen molar-refractivity contribution in [3.05, 3.63) is 24.2 Å². The lowest BCUT2D eigenvalue weighted by atomic mass is 10.3. The molecule has 2 aromatic heterocycles. The van der Waals surface area contributed by atoms with Gasteiger partial charge in [0.05, 0.1) is 30.7 Å². The number of hydrogen-bond acceptors (Lipinski definition) is 6. The number of fused-ring (bicyclic) bond motifs is 1. The van der Waals surface area contributed by atoms with Crippen LogP contribution in [-0.2, 0) is 16.2 Å². The second kappa shape index (κ2) is 7.26. The largest absolute Gasteiger partial charge is 0.598 e. The first-order valence-corrected chi connectivity index (χ1v) is 10.0. The molecule has 0 bridgehead atoms. The average molecular weight is 407 g/mol. The zero-order valence-electron chi connectivity index (χ0n) is 16.8. The summed E-state index contributed by atoms with van der Waals surface area (Å²) in [5, 5.41) is 0. The standard InChI is InChI=1S/C18H25N5O4S/c1-11(20-28(26)18(2,3)4)13-9-22-8-12(27-6)7-14(16(22)19-13)23-10-15(24)21(5)17(23)25/h7-9,11,20H,10H2,1-6H3/t11-,28-/m1/s1. The highest BCUT2D eigenvalue weighted by Gasteiger charge is 2.36. The number of rotatable bonds is 5. The number of anilines is 1. The molecule has 0 aromatic carbocycles. The molecule has 0 aliphatic carbocycles. The molecule has 0 spiro atoms. The van der Waals surface area contributed by atoms with Crippen molar-refractivity contribution < 1.29 is 18.9 Å². The summed E-state index contributed by atoms with van der Waals surface area (Å²) < 4.78 is 22.1. The van der Waals surface area contributed by atoms with Gasteiger partial charge in [0, 0.05) is 30.7 Å². The number of carbonyl (C=O) groups excluding carboxylic acids is 2. The molecule has 28 heavy (non-hydrogen) atoms. The Bertz CT molecular complexity index is 923. The van der Waals surface area contributed by atoms with Crippen molar-refractivity contribution in [2.75, 3.05) is 25.6 Å². The fourth-order valence-corrected chi connectivity index (χ4v) is 3.57. The highest BCUT2D eigenvalue weighted by atomic mass is 32.2. The molecule has 0 unspecified atom stereocenters. The summed E-state index contributed by atoms with van der Waals surface area (Å²) in [7, 11) is 2.98. The van der Waals surface area contributed by atoms with E-state index in [9.17, 15) is 14.1 Å². The number of urea groups is 1. The predicted octanol–water partition coefficient (Wildman–Crippen LogP) is 1.85. The van der Waals surface area contributed by atoms with Gasteiger partial charge in [0.15, 0.2) is 5.65 Å². The quantitative estimate of drug-likeness (QED) is 0.599. The normalized spacial score (nSPS) is 17.5. The Morgan fingerprint density at radius 1 is 1.32 bits per heavy atom. The molecule has 3 heterocycles. The first-order chi connectivity index (χ1) is 13.0. The number of ether oxygens (including phenoxy) is 1. The molecule has 10 heteroatoms. The van der Waals surface area contributed by atoms with Crippen LogP contribution in [0.1, 0.15) is 39.4 Å². The van der Waals surface area contributed by atoms with Crippen LogP contribution in [-0.4, -0.2) is 56.2 Å². The summed E-state index contributed by atoms with van der Waals surface area (Å²) >= 11 is -1.26. The summed E-state index contributed by atoms with van der Waals surface area (Å²) in [5.74, 6) is 0.244. The summed E-state index contributed by atoms with van der Waals surface area (Å²) in [6, 6.07) is 0.990. The number of imidazole rings is 1. The molecule has 2 atom stereocenters. The fraction of sp³-hybridized carbons (Fsp3) is 0.500. The number of nitrogens with zero attached hydrogens (tertiary/aromatic N) is 4. The van der Waals surface area contributed by atoms with Crippen LogP contribution in [0.3, 0.4) is 0 Å². The van der Waals surface area contributed by atoms with E-state index in [1.807, 2.05) is 27.7 Å². The first kappa shape index (κ1) is 20.4. The first-order valence-electron chi connectivity index (χ1n) is 8.85. The summed E-state index contributed by atoms with van der Waals surface area (Å²) in [6.07, 6.45) is 3.54. The highest BCUT2D eigenvalue weighted by Crippen LogP contribution is 2.31. The minimum Gasteiger partial charge on any atom is -0.598 e. The van der Waals surface area contributed by atoms with E-state index in [2.05, 4.69) is 9.71 Å². The molecule has 1 saturated heterocycles. The lowest BCUT2D eigenvalue weighted by molar-refractivity contribution is -0.123. The van der Waals surface area contributed by atoms with Gasteiger partial charge in [0.1, 0.15) is 17.0 Å². The third-order valence-electron chi connectivity index (χ3n) is 4.52. The Morgan fingerprint density at radius 2 is 2.00 bits per heavy atom. The van der Waals surface area contributed by atoms with Gasteiger partial charge in [-0.1, -0.05) is 0 Å². The van der Waals surface area contributed by atoms with Gasteiger partial charge in [-0.2, -0.15) is 0 Å². The zero-order valence-corrected chi connectivity index (χ0v) is 17.7. The van der Waals surface area contributed by atoms with Crippen LogP contribution in [0.25, 0.3) is 5.65 Å². The van der Waals surface area contributed by atoms with E-state index in [0.717, 1.165) is 4.90 Å². The summed E-state index contributed by atoms with van der Waals surface area (Å²) in [4.78, 5) is 31.5. The zero-order chi connectivity index (χ0) is 20.8. The number of nitrogens with one attached hydrogen (secondary N) is 1. The molecule has 3 amide bonds. The molecule has 152 valence electrons. The maximum absolute atomic E-state index is 12.5. The molecule has 3 rings (SSSR count). The van der Waals surface area contributed by atoms with E-state index < -0.39 is 22.1 Å². The maximum atomic E-state index is 12.5. The van der Waals surface area contributed by atoms with E-state index in [1.54, 1.807) is 22.9 Å². The van der Waals surface area contributed by atoms with Gasteiger partial charge in [-0.25, -0.2) is 9.78 Å². The minimum absolute atomic E-state index is 0.0534. The van der Waals surface area contributed by atoms with Crippen molar-refractivity contribution in [2.24, 2.45) is 0 Å². The third-order valence-corrected chi connectivity index (χ3v) is 6.20. The van der Waals surface area contributed by atoms with E-state index in [0.29, 0.717) is 22.8 Å². The monoisotopic (exact) mass is 407 g/mol. The summed E-state index contributed by atoms with van der Waals surface area (Å²) in [5.41, 5.74) is 1.67. The number of carbonyl (C=O) groups is 2. The smallest absolute Gasteiger partial charge is 0.331 e. The van der Waals surface area contributed by atoms with Gasteiger partial charge in [0.25, 0.3) is 0 Å². The van der Waals surface area contributed by atoms with Crippen molar-refractivity contribution in [3.63, 3.8) is 0 Å². The number of hydrogen-bond donors (Lipinski definition) is 1. The number of methoxy groups -OCH3 is 1. The Hall–Kier alpha value is -2.30. The SMILES string of the molecule is COc1cc(N2CC(=O)N(C)C2=O)c2nc([C@@H](C)N[S@+]([O-])C(C)(C)C)cn2c1. The molecule has 0 radical (unpaired) electrons. The molecular weight excluding hydrogens is 382 g/mol. The van der Waals surface area contributed by atoms with Crippen LogP contribution in [0.5, 0.6) is 5.75 Å². The molecule has 1 N–H and O–H groups in total. The van der Waals surface area contributed by atoms with Crippen molar-refractivity contribution in [2.45, 2.75) is 38.5 Å². The van der Waals surface area contributed by atoms with Gasteiger partial charge < -0.3 is 13.7 Å². The van der Waals surface area contributed by atoms with Gasteiger partial charge in [-0.3, -0.25) is 14.6 Å². The van der Waals surface area contributed by atoms with Crippen LogP contribution in [0, 0.1) is 0 Å². The average Bonchev–Trinajstić information content (AvgIpc) is 3.16. The fourth-order valence-electron chi connectivity index (χ4n) is 2.78. The Kier molecular flexibility index (Phi) is 5.30. The third kappa shape index (κ3) is 3.67. The Morgan fingerprint density at radius 3 is 2.54 bits per heavy atom. The molecule has 9 nitrogen and oxygen atoms in total. The van der Waals surface area contributed by atoms with Gasteiger partial charge in [-0.05, 0) is 27.7 Å². The van der Waals surface area contributed by atoms with Crippen LogP contribution in [0.15, 0.2) is 18.5 Å². The Balaban J connectivity index is 2.01. The van der Waals surface area contributed by atoms with Crippen molar-refractivity contribution >= 4 is 34.6 Å². The second-order valence-electron chi connectivity index (χ2n) is 7.70. The topological polar surface area (TPSA) is 102 Å². The maximum Gasteiger partial charge on any atom is 0.331 e. The van der Waals surface area contributed by atoms with Crippen molar-refractivity contribution in [3.8, 4) is 5.75 Å². The molecule has 1 fully saturated rings. The number of amides is 3. The molecule has 2 aromatic rings. The van der Waals surface area contributed by atoms with Crippen LogP contribution < -0.4 is 14.4 Å². The van der Waals surface area contributed by atoms with Gasteiger partial charge in [0.2, 0.25) is 5.91 Å². The van der Waals surface area contributed by atoms with E-state index in [4.69, 9.17) is 4.74 Å². The number of imide groups is 1. The predicted molar refractivity (Wildman–Crippen MR) is 107 cm³/mol. The molecular formula is C18H25N5O4S. The van der Waals surface area contributed by atoms with E-state index in [1.165, 1.54) is 19.1 Å². The van der Waals surface area contributed by atoms with Crippen molar-refractivity contribution in [1.29, 1.82) is 0 Å². The number of aromatic nitrogens is 2. The van der Waals surface area contributed by atoms with Crippen LogP contribution in [0.4, 0.5) is 10.5 Å². The molecule has 0 saturated carbocycles. The van der Waals surface area contributed by atoms with E-state index in [-0.39, 0.29) is 18.5 Å². The lowest BCUT2D eigenvalue weighted by Crippen LogP contribution is -2.40.